The number of anilines is 1. The number of nitrogen functional groups attached to an aromatic ring is 1. The molecule has 2 heterocycles. The van der Waals surface area contributed by atoms with Crippen molar-refractivity contribution < 1.29 is 19.4 Å². The molecule has 264 valence electrons. The van der Waals surface area contributed by atoms with Crippen molar-refractivity contribution in [3.05, 3.63) is 11.6 Å². The zero-order valence-corrected chi connectivity index (χ0v) is 30.7. The molecule has 0 aromatic carbocycles. The molecule has 0 unspecified atom stereocenters. The highest BCUT2D eigenvalue weighted by Crippen LogP contribution is 2.75. The van der Waals surface area contributed by atoms with E-state index in [0.717, 1.165) is 38.5 Å². The summed E-state index contributed by atoms with van der Waals surface area (Å²) < 4.78 is 15.4. The van der Waals surface area contributed by atoms with E-state index in [9.17, 15) is 9.90 Å². The van der Waals surface area contributed by atoms with Gasteiger partial charge in [0.05, 0.1) is 37.9 Å². The van der Waals surface area contributed by atoms with Gasteiger partial charge in [-0.1, -0.05) is 79.1 Å². The minimum absolute atomic E-state index is 0.154. The summed E-state index contributed by atoms with van der Waals surface area (Å²) in [7, 11) is 0. The Balaban J connectivity index is 1.45. The second-order valence-corrected chi connectivity index (χ2v) is 18.5. The second kappa shape index (κ2) is 11.2. The molecule has 10 nitrogen and oxygen atoms in total. The number of aromatic nitrogens is 4. The Morgan fingerprint density at radius 2 is 1.83 bits per heavy atom. The van der Waals surface area contributed by atoms with Crippen LogP contribution in [0.2, 0.25) is 0 Å². The zero-order valence-electron chi connectivity index (χ0n) is 30.7. The summed E-state index contributed by atoms with van der Waals surface area (Å²) >= 11 is 0. The van der Waals surface area contributed by atoms with Crippen LogP contribution >= 0.6 is 0 Å². The molecule has 1 aliphatic heterocycles. The maximum Gasteiger partial charge on any atom is 0.307 e. The van der Waals surface area contributed by atoms with Crippen molar-refractivity contribution in [2.75, 3.05) is 25.6 Å². The van der Waals surface area contributed by atoms with E-state index < -0.39 is 17.4 Å². The molecule has 0 amide bonds. The molecule has 0 radical (unpaired) electrons. The molecule has 47 heavy (non-hydrogen) atoms. The van der Waals surface area contributed by atoms with Gasteiger partial charge in [-0.3, -0.25) is 4.79 Å². The topological polar surface area (TPSA) is 151 Å². The molecule has 0 spiro atoms. The number of aliphatic carboxylic acids is 1. The largest absolute Gasteiger partial charge is 0.481 e. The molecule has 4 fully saturated rings. The highest BCUT2D eigenvalue weighted by atomic mass is 16.5. The summed E-state index contributed by atoms with van der Waals surface area (Å²) in [5, 5.41) is 23.5. The molecular weight excluding hydrogens is 592 g/mol. The third-order valence-electron chi connectivity index (χ3n) is 15.8. The van der Waals surface area contributed by atoms with Crippen molar-refractivity contribution in [2.45, 2.75) is 125 Å². The standard InChI is InChI=1S/C37H62N6O4/c1-21(2)23(5)32(6)15-16-34(8)24-11-12-27-33(7)18-46-20-37(27,25(24)13-14-35(34,9)28(32)30(44)45)17-26(43-31(38)40-41-42-43)29(33)47-19-36(10,39)22(3)4/h13,21-24,26-29H,11-12,14-20,39H2,1-10H3,(H,44,45)(H2,38,40,42)/t23-,24+,26-,27+,28-,29+,32-,33-,34-,35+,36+,37+/m1/s1. The molecule has 12 atom stereocenters. The first kappa shape index (κ1) is 34.8. The van der Waals surface area contributed by atoms with Crippen LogP contribution in [0.3, 0.4) is 0 Å². The Labute approximate surface area is 282 Å². The van der Waals surface area contributed by atoms with Crippen LogP contribution in [-0.2, 0) is 14.3 Å². The zero-order chi connectivity index (χ0) is 34.5. The molecule has 3 saturated carbocycles. The van der Waals surface area contributed by atoms with Gasteiger partial charge >= 0.3 is 5.97 Å². The number of carbonyl (C=O) groups is 1. The first-order chi connectivity index (χ1) is 21.8. The minimum atomic E-state index is -0.633. The fourth-order valence-electron chi connectivity index (χ4n) is 12.0. The van der Waals surface area contributed by atoms with E-state index in [1.807, 2.05) is 0 Å². The Kier molecular flexibility index (Phi) is 8.32. The van der Waals surface area contributed by atoms with Crippen LogP contribution in [0.15, 0.2) is 11.6 Å². The van der Waals surface area contributed by atoms with Gasteiger partial charge in [0, 0.05) is 16.4 Å². The Hall–Kier alpha value is -2.04. The van der Waals surface area contributed by atoms with Gasteiger partial charge in [0.2, 0.25) is 5.95 Å². The summed E-state index contributed by atoms with van der Waals surface area (Å²) in [6.07, 6.45) is 7.81. The van der Waals surface area contributed by atoms with E-state index in [2.05, 4.69) is 90.8 Å². The van der Waals surface area contributed by atoms with Crippen molar-refractivity contribution in [3.8, 4) is 0 Å². The van der Waals surface area contributed by atoms with Crippen LogP contribution in [0.5, 0.6) is 0 Å². The summed E-state index contributed by atoms with van der Waals surface area (Å²) in [5.74, 6) is 0.823. The molecule has 5 aliphatic rings. The van der Waals surface area contributed by atoms with Crippen LogP contribution in [0.1, 0.15) is 114 Å². The van der Waals surface area contributed by atoms with E-state index in [0.29, 0.717) is 43.5 Å². The van der Waals surface area contributed by atoms with Crippen LogP contribution in [-0.4, -0.2) is 62.7 Å². The number of ether oxygens (including phenoxy) is 2. The van der Waals surface area contributed by atoms with Gasteiger partial charge in [-0.2, -0.15) is 0 Å². The van der Waals surface area contributed by atoms with E-state index in [-0.39, 0.29) is 51.1 Å². The SMILES string of the molecule is CC(C)[C@@H](C)[C@@]1(C)CC[C@]2(C)[C@H]3CC[C@@H]4[C@@]5(COC[C@@]4(C)[C@@H](OC[C@](C)(N)C(C)C)[C@H](n4nnnc4N)C5)C3=CC[C@@]2(C)[C@@H]1C(=O)O. The minimum Gasteiger partial charge on any atom is -0.481 e. The normalized spacial score (nSPS) is 45.0. The summed E-state index contributed by atoms with van der Waals surface area (Å²) in [6, 6.07) is -0.188. The van der Waals surface area contributed by atoms with Gasteiger partial charge in [0.25, 0.3) is 0 Å². The maximum absolute atomic E-state index is 13.4. The van der Waals surface area contributed by atoms with Gasteiger partial charge in [0.1, 0.15) is 0 Å². The lowest BCUT2D eigenvalue weighted by atomic mass is 9.34. The fraction of sp³-hybridized carbons (Fsp3) is 0.892. The van der Waals surface area contributed by atoms with Crippen LogP contribution < -0.4 is 11.5 Å². The van der Waals surface area contributed by atoms with Crippen molar-refractivity contribution >= 4 is 11.9 Å². The molecule has 2 bridgehead atoms. The third kappa shape index (κ3) is 4.73. The number of rotatable bonds is 8. The molecule has 1 aromatic heterocycles. The van der Waals surface area contributed by atoms with E-state index in [4.69, 9.17) is 20.9 Å². The number of hydrogen-bond acceptors (Lipinski definition) is 8. The second-order valence-electron chi connectivity index (χ2n) is 18.5. The molecule has 10 heteroatoms. The Bertz CT molecular complexity index is 1410. The molecule has 1 saturated heterocycles. The van der Waals surface area contributed by atoms with Crippen molar-refractivity contribution in [1.29, 1.82) is 0 Å². The van der Waals surface area contributed by atoms with Crippen LogP contribution in [0.4, 0.5) is 5.95 Å². The van der Waals surface area contributed by atoms with Crippen LogP contribution in [0, 0.1) is 62.6 Å². The van der Waals surface area contributed by atoms with E-state index >= 15 is 0 Å². The third-order valence-corrected chi connectivity index (χ3v) is 15.8. The van der Waals surface area contributed by atoms with Crippen LogP contribution in [0.25, 0.3) is 0 Å². The lowest BCUT2D eigenvalue weighted by Crippen LogP contribution is -2.69. The number of nitrogens with two attached hydrogens (primary N) is 2. The number of allylic oxidation sites excluding steroid dienone is 1. The molecule has 6 rings (SSSR count). The summed E-state index contributed by atoms with van der Waals surface area (Å²) in [6.45, 7) is 24.1. The first-order valence-electron chi connectivity index (χ1n) is 18.2. The average molecular weight is 655 g/mol. The predicted molar refractivity (Wildman–Crippen MR) is 182 cm³/mol. The average Bonchev–Trinajstić information content (AvgIpc) is 3.41. The van der Waals surface area contributed by atoms with Gasteiger partial charge in [-0.15, -0.1) is 0 Å². The number of carboxylic acids is 1. The fourth-order valence-corrected chi connectivity index (χ4v) is 12.0. The molecular formula is C37H62N6O4. The van der Waals surface area contributed by atoms with E-state index in [1.54, 1.807) is 4.68 Å². The monoisotopic (exact) mass is 654 g/mol. The highest BCUT2D eigenvalue weighted by molar-refractivity contribution is 5.73. The van der Waals surface area contributed by atoms with Gasteiger partial charge in [0.15, 0.2) is 0 Å². The smallest absolute Gasteiger partial charge is 0.307 e. The quantitative estimate of drug-likeness (QED) is 0.281. The first-order valence-corrected chi connectivity index (χ1v) is 18.2. The highest BCUT2D eigenvalue weighted by Gasteiger charge is 2.72. The summed E-state index contributed by atoms with van der Waals surface area (Å²) in [5.41, 5.74) is 12.8. The molecule has 5 N–H and O–H groups in total. The lowest BCUT2D eigenvalue weighted by Gasteiger charge is -2.71. The number of nitrogens with zero attached hydrogens (tertiary/aromatic N) is 4. The van der Waals surface area contributed by atoms with Crippen molar-refractivity contribution in [1.82, 2.24) is 20.2 Å². The molecule has 1 aromatic rings. The Morgan fingerprint density at radius 1 is 1.13 bits per heavy atom. The number of fused-ring (bicyclic) bond motifs is 3. The maximum atomic E-state index is 13.4. The predicted octanol–water partition coefficient (Wildman–Crippen LogP) is 6.14. The van der Waals surface area contributed by atoms with Crippen molar-refractivity contribution in [2.24, 2.45) is 68.3 Å². The number of hydrogen-bond donors (Lipinski definition) is 3. The van der Waals surface area contributed by atoms with Crippen molar-refractivity contribution in [3.63, 3.8) is 0 Å². The summed E-state index contributed by atoms with van der Waals surface area (Å²) in [4.78, 5) is 13.4. The van der Waals surface area contributed by atoms with Gasteiger partial charge in [-0.05, 0) is 102 Å². The number of tetrazole rings is 1. The van der Waals surface area contributed by atoms with Gasteiger partial charge < -0.3 is 26.0 Å². The van der Waals surface area contributed by atoms with Gasteiger partial charge in [-0.25, -0.2) is 4.68 Å². The lowest BCUT2D eigenvalue weighted by molar-refractivity contribution is -0.252. The van der Waals surface area contributed by atoms with E-state index in [1.165, 1.54) is 5.57 Å². The number of carboxylic acid groups (broad SMARTS) is 1. The Morgan fingerprint density at radius 3 is 2.43 bits per heavy atom. The molecule has 4 aliphatic carbocycles.